The van der Waals surface area contributed by atoms with E-state index in [-0.39, 0.29) is 37.0 Å². The topological polar surface area (TPSA) is 150 Å². The van der Waals surface area contributed by atoms with Gasteiger partial charge in [-0.15, -0.1) is 0 Å². The second-order valence-corrected chi connectivity index (χ2v) is 12.0. The number of hydrogen-bond donors (Lipinski definition) is 4. The highest BCUT2D eigenvalue weighted by Gasteiger charge is 2.75. The molecule has 4 fully saturated rings. The molecule has 4 N–H and O–H groups in total. The van der Waals surface area contributed by atoms with E-state index in [1.165, 1.54) is 7.11 Å². The number of Topliss-reactive ketones (excluding diaryl/α,β-unsaturated/α-hetero) is 1. The molecule has 0 bridgehead atoms. The van der Waals surface area contributed by atoms with Gasteiger partial charge in [0.25, 0.3) is 17.7 Å². The smallest absolute Gasteiger partial charge is 0.289 e. The maximum Gasteiger partial charge on any atom is 0.289 e. The van der Waals surface area contributed by atoms with E-state index in [1.807, 2.05) is 0 Å². The molecule has 2 aliphatic heterocycles. The van der Waals surface area contributed by atoms with E-state index in [0.29, 0.717) is 36.0 Å². The number of ether oxygens (including phenoxy) is 1. The summed E-state index contributed by atoms with van der Waals surface area (Å²) in [5, 5.41) is 8.54. The first kappa shape index (κ1) is 28.1. The summed E-state index contributed by atoms with van der Waals surface area (Å²) in [5.41, 5.74) is -0.841. The number of nitrogens with one attached hydrogen (secondary N) is 4. The number of halogens is 2. The van der Waals surface area contributed by atoms with Crippen molar-refractivity contribution in [3.05, 3.63) is 30.0 Å². The largest absolute Gasteiger partial charge is 0.496 e. The molecule has 13 heteroatoms. The van der Waals surface area contributed by atoms with E-state index >= 15 is 0 Å². The number of H-pyrrole nitrogens is 1. The molecule has 2 aliphatic carbocycles. The van der Waals surface area contributed by atoms with Gasteiger partial charge in [0.05, 0.1) is 18.6 Å². The van der Waals surface area contributed by atoms with E-state index in [0.717, 1.165) is 17.7 Å². The Morgan fingerprint density at radius 3 is 2.62 bits per heavy atom. The lowest BCUT2D eigenvalue weighted by Crippen LogP contribution is -2.54. The first-order valence-corrected chi connectivity index (χ1v) is 14.3. The molecule has 42 heavy (non-hydrogen) atoms. The Morgan fingerprint density at radius 1 is 1.19 bits per heavy atom. The van der Waals surface area contributed by atoms with Crippen molar-refractivity contribution in [2.75, 3.05) is 20.2 Å². The number of fused-ring (bicyclic) bond motifs is 1. The number of likely N-dealkylation sites (tertiary alicyclic amines) is 1. The molecule has 0 unspecified atom stereocenters. The number of rotatable bonds is 9. The van der Waals surface area contributed by atoms with E-state index < -0.39 is 59.3 Å². The highest BCUT2D eigenvalue weighted by Crippen LogP contribution is 2.66. The zero-order chi connectivity index (χ0) is 29.8. The second-order valence-electron chi connectivity index (χ2n) is 12.0. The fourth-order valence-corrected chi connectivity index (χ4v) is 6.26. The number of alkyl halides is 2. The molecule has 2 saturated carbocycles. The summed E-state index contributed by atoms with van der Waals surface area (Å²) in [5.74, 6) is -6.64. The normalized spacial score (nSPS) is 26.9. The van der Waals surface area contributed by atoms with Crippen molar-refractivity contribution in [1.29, 1.82) is 0 Å². The monoisotopic (exact) mass is 585 g/mol. The molecule has 2 saturated heterocycles. The van der Waals surface area contributed by atoms with Crippen LogP contribution in [0.25, 0.3) is 10.9 Å². The van der Waals surface area contributed by atoms with Crippen LogP contribution in [0.5, 0.6) is 5.75 Å². The predicted octanol–water partition coefficient (Wildman–Crippen LogP) is 1.67. The fourth-order valence-electron chi connectivity index (χ4n) is 6.26. The Hall–Kier alpha value is -4.03. The number of amides is 4. The lowest BCUT2D eigenvalue weighted by Gasteiger charge is -2.28. The van der Waals surface area contributed by atoms with Crippen molar-refractivity contribution in [2.45, 2.75) is 69.0 Å². The van der Waals surface area contributed by atoms with Crippen LogP contribution in [0.3, 0.4) is 0 Å². The number of piperidine rings is 1. The molecule has 11 nitrogen and oxygen atoms in total. The third kappa shape index (κ3) is 5.09. The molecule has 4 aliphatic rings. The van der Waals surface area contributed by atoms with Gasteiger partial charge in [0, 0.05) is 42.4 Å². The van der Waals surface area contributed by atoms with Crippen LogP contribution >= 0.6 is 0 Å². The van der Waals surface area contributed by atoms with Gasteiger partial charge in [0.1, 0.15) is 17.5 Å². The van der Waals surface area contributed by atoms with Crippen LogP contribution < -0.4 is 20.7 Å². The Morgan fingerprint density at radius 2 is 1.95 bits per heavy atom. The van der Waals surface area contributed by atoms with Crippen LogP contribution in [0.15, 0.2) is 24.3 Å². The number of nitrogens with zero attached hydrogens (tertiary/aromatic N) is 1. The van der Waals surface area contributed by atoms with Crippen molar-refractivity contribution in [3.63, 3.8) is 0 Å². The molecule has 4 atom stereocenters. The first-order valence-electron chi connectivity index (χ1n) is 14.3. The number of aromatic nitrogens is 1. The van der Waals surface area contributed by atoms with Gasteiger partial charge in [0.15, 0.2) is 0 Å². The minimum Gasteiger partial charge on any atom is -0.496 e. The Labute approximate surface area is 240 Å². The summed E-state index contributed by atoms with van der Waals surface area (Å²) < 4.78 is 34.5. The standard InChI is InChI=1S/C29H33F2N5O6/c1-42-22-6-2-5-18-17(22)11-20(34-18)27(41)36-14-28(13-29(28,30)31)12-21(36)25(39)35-19(10-15-4-3-9-32-24(15)38)23(37)26(40)33-16-7-8-16/h2,5-6,11,15-16,19,21,34H,3-4,7-10,12-14H2,1H3,(H,32,38)(H,33,40)(H,35,39)/t15-,19-,21-,28-/m0/s1. The third-order valence-corrected chi connectivity index (χ3v) is 8.97. The van der Waals surface area contributed by atoms with E-state index in [1.54, 1.807) is 24.3 Å². The molecule has 1 aromatic heterocycles. The van der Waals surface area contributed by atoms with Crippen LogP contribution in [-0.4, -0.2) is 83.5 Å². The van der Waals surface area contributed by atoms with E-state index in [2.05, 4.69) is 20.9 Å². The fraction of sp³-hybridized carbons (Fsp3) is 0.552. The number of methoxy groups -OCH3 is 1. The van der Waals surface area contributed by atoms with Gasteiger partial charge in [-0.05, 0) is 56.7 Å². The van der Waals surface area contributed by atoms with Crippen LogP contribution in [0.4, 0.5) is 8.78 Å². The molecule has 3 heterocycles. The van der Waals surface area contributed by atoms with Gasteiger partial charge in [-0.1, -0.05) is 6.07 Å². The Balaban J connectivity index is 1.26. The quantitative estimate of drug-likeness (QED) is 0.329. The lowest BCUT2D eigenvalue weighted by molar-refractivity contribution is -0.141. The van der Waals surface area contributed by atoms with Crippen molar-refractivity contribution in [1.82, 2.24) is 25.8 Å². The summed E-state index contributed by atoms with van der Waals surface area (Å²) in [6.45, 7) is 0.159. The van der Waals surface area contributed by atoms with Crippen LogP contribution in [0, 0.1) is 11.3 Å². The number of aromatic amines is 1. The molecule has 0 radical (unpaired) electrons. The molecule has 2 aromatic rings. The number of hydrogen-bond acceptors (Lipinski definition) is 6. The molecule has 6 rings (SSSR count). The van der Waals surface area contributed by atoms with Crippen LogP contribution in [0.1, 0.15) is 55.4 Å². The highest BCUT2D eigenvalue weighted by molar-refractivity contribution is 6.38. The Kier molecular flexibility index (Phi) is 6.93. The second kappa shape index (κ2) is 10.4. The van der Waals surface area contributed by atoms with Crippen molar-refractivity contribution < 1.29 is 37.5 Å². The minimum absolute atomic E-state index is 0.101. The maximum absolute atomic E-state index is 14.6. The third-order valence-electron chi connectivity index (χ3n) is 8.97. The number of carbonyl (C=O) groups is 5. The maximum atomic E-state index is 14.6. The SMILES string of the molecule is COc1cccc2[nH]c(C(=O)N3C[C@]4(C[C@H]3C(=O)N[C@@H](C[C@@H]3CCCNC3=O)C(=O)C(=O)NC3CC3)CC4(F)F)cc12. The minimum atomic E-state index is -3.04. The van der Waals surface area contributed by atoms with Crippen molar-refractivity contribution >= 4 is 40.3 Å². The Bertz CT molecular complexity index is 1470. The van der Waals surface area contributed by atoms with Crippen molar-refractivity contribution in [3.8, 4) is 5.75 Å². The number of ketones is 1. The van der Waals surface area contributed by atoms with Gasteiger partial charge in [0.2, 0.25) is 17.6 Å². The zero-order valence-corrected chi connectivity index (χ0v) is 23.1. The predicted molar refractivity (Wildman–Crippen MR) is 145 cm³/mol. The van der Waals surface area contributed by atoms with Gasteiger partial charge < -0.3 is 30.6 Å². The number of carbonyl (C=O) groups excluding carboxylic acids is 5. The average Bonchev–Trinajstić information content (AvgIpc) is 3.73. The van der Waals surface area contributed by atoms with Gasteiger partial charge in [-0.3, -0.25) is 24.0 Å². The molecule has 1 spiro atoms. The average molecular weight is 586 g/mol. The van der Waals surface area contributed by atoms with Gasteiger partial charge >= 0.3 is 0 Å². The van der Waals surface area contributed by atoms with E-state index in [4.69, 9.17) is 4.74 Å². The first-order chi connectivity index (χ1) is 20.0. The zero-order valence-electron chi connectivity index (χ0n) is 23.1. The molecular formula is C29H33F2N5O6. The highest BCUT2D eigenvalue weighted by atomic mass is 19.3. The summed E-state index contributed by atoms with van der Waals surface area (Å²) >= 11 is 0. The molecule has 1 aromatic carbocycles. The summed E-state index contributed by atoms with van der Waals surface area (Å²) in [6.07, 6.45) is 1.79. The van der Waals surface area contributed by atoms with Gasteiger partial charge in [-0.2, -0.15) is 0 Å². The summed E-state index contributed by atoms with van der Waals surface area (Å²) in [7, 11) is 1.49. The lowest BCUT2D eigenvalue weighted by atomic mass is 9.89. The van der Waals surface area contributed by atoms with Crippen LogP contribution in [-0.2, 0) is 19.2 Å². The summed E-state index contributed by atoms with van der Waals surface area (Å²) in [4.78, 5) is 69.9. The molecule has 224 valence electrons. The number of benzene rings is 1. The molecule has 4 amide bonds. The van der Waals surface area contributed by atoms with Gasteiger partial charge in [-0.25, -0.2) is 8.78 Å². The molecular weight excluding hydrogens is 552 g/mol. The van der Waals surface area contributed by atoms with E-state index in [9.17, 15) is 32.8 Å². The summed E-state index contributed by atoms with van der Waals surface area (Å²) in [6, 6.07) is 3.99. The van der Waals surface area contributed by atoms with Crippen LogP contribution in [0.2, 0.25) is 0 Å². The van der Waals surface area contributed by atoms with Crippen molar-refractivity contribution in [2.24, 2.45) is 11.3 Å².